The topological polar surface area (TPSA) is 62.2 Å². The number of carboxylic acids is 1. The van der Waals surface area contributed by atoms with Crippen LogP contribution >= 0.6 is 0 Å². The second kappa shape index (κ2) is 5.85. The number of nitrogens with zero attached hydrogens (tertiary/aromatic N) is 1. The van der Waals surface area contributed by atoms with Crippen molar-refractivity contribution in [2.45, 2.75) is 39.0 Å². The summed E-state index contributed by atoms with van der Waals surface area (Å²) < 4.78 is 0. The van der Waals surface area contributed by atoms with Crippen LogP contribution in [0, 0.1) is 12.8 Å². The van der Waals surface area contributed by atoms with E-state index in [2.05, 4.69) is 10.3 Å². The van der Waals surface area contributed by atoms with E-state index in [0.717, 1.165) is 18.3 Å². The second-order valence-electron chi connectivity index (χ2n) is 5.02. The number of hydrogen-bond donors (Lipinski definition) is 2. The zero-order valence-corrected chi connectivity index (χ0v) is 10.8. The molecule has 1 fully saturated rings. The first-order chi connectivity index (χ1) is 8.66. The largest absolute Gasteiger partial charge is 0.478 e. The molecule has 0 atom stereocenters. The maximum absolute atomic E-state index is 10.9. The molecule has 4 heteroatoms. The van der Waals surface area contributed by atoms with Crippen LogP contribution in [0.15, 0.2) is 12.1 Å². The van der Waals surface area contributed by atoms with Crippen LogP contribution in [-0.4, -0.2) is 22.6 Å². The Bertz CT molecular complexity index is 426. The summed E-state index contributed by atoms with van der Waals surface area (Å²) in [4.78, 5) is 15.2. The van der Waals surface area contributed by atoms with Crippen LogP contribution in [-0.2, 0) is 0 Å². The summed E-state index contributed by atoms with van der Waals surface area (Å²) >= 11 is 0. The molecule has 2 rings (SSSR count). The van der Waals surface area contributed by atoms with Crippen molar-refractivity contribution in [1.29, 1.82) is 0 Å². The first-order valence-electron chi connectivity index (χ1n) is 6.61. The second-order valence-corrected chi connectivity index (χ2v) is 5.02. The fraction of sp³-hybridized carbons (Fsp3) is 0.571. The van der Waals surface area contributed by atoms with Crippen molar-refractivity contribution in [3.05, 3.63) is 23.4 Å². The zero-order valence-electron chi connectivity index (χ0n) is 10.8. The molecule has 0 aliphatic heterocycles. The maximum atomic E-state index is 10.9. The highest BCUT2D eigenvalue weighted by Crippen LogP contribution is 2.23. The van der Waals surface area contributed by atoms with Gasteiger partial charge >= 0.3 is 5.97 Å². The van der Waals surface area contributed by atoms with E-state index in [-0.39, 0.29) is 5.56 Å². The molecular weight excluding hydrogens is 228 g/mol. The van der Waals surface area contributed by atoms with Gasteiger partial charge in [0.15, 0.2) is 0 Å². The molecule has 0 unspecified atom stereocenters. The number of aryl methyl sites for hydroxylation is 1. The van der Waals surface area contributed by atoms with Gasteiger partial charge in [0.1, 0.15) is 5.82 Å². The standard InChI is InChI=1S/C14H20N2O2/c1-10-12(14(17)18)7-8-13(16-10)15-9-11-5-3-2-4-6-11/h7-8,11H,2-6,9H2,1H3,(H,15,16)(H,17,18). The van der Waals surface area contributed by atoms with Crippen LogP contribution in [0.25, 0.3) is 0 Å². The predicted molar refractivity (Wildman–Crippen MR) is 71.0 cm³/mol. The van der Waals surface area contributed by atoms with Gasteiger partial charge in [-0.25, -0.2) is 9.78 Å². The minimum Gasteiger partial charge on any atom is -0.478 e. The van der Waals surface area contributed by atoms with E-state index in [4.69, 9.17) is 5.11 Å². The Hall–Kier alpha value is -1.58. The normalized spacial score (nSPS) is 16.5. The van der Waals surface area contributed by atoms with Gasteiger partial charge in [-0.05, 0) is 37.8 Å². The molecule has 2 N–H and O–H groups in total. The monoisotopic (exact) mass is 248 g/mol. The van der Waals surface area contributed by atoms with Crippen molar-refractivity contribution in [2.24, 2.45) is 5.92 Å². The molecule has 18 heavy (non-hydrogen) atoms. The van der Waals surface area contributed by atoms with Gasteiger partial charge in [-0.1, -0.05) is 19.3 Å². The molecule has 0 bridgehead atoms. The summed E-state index contributed by atoms with van der Waals surface area (Å²) in [6.45, 7) is 2.67. The highest BCUT2D eigenvalue weighted by Gasteiger charge is 2.14. The summed E-state index contributed by atoms with van der Waals surface area (Å²) in [5.41, 5.74) is 0.842. The first-order valence-corrected chi connectivity index (χ1v) is 6.61. The van der Waals surface area contributed by atoms with E-state index in [0.29, 0.717) is 5.69 Å². The highest BCUT2D eigenvalue weighted by molar-refractivity contribution is 5.89. The Morgan fingerprint density at radius 2 is 2.11 bits per heavy atom. The molecule has 0 spiro atoms. The number of anilines is 1. The molecule has 0 amide bonds. The van der Waals surface area contributed by atoms with Crippen molar-refractivity contribution in [1.82, 2.24) is 4.98 Å². The van der Waals surface area contributed by atoms with Crippen molar-refractivity contribution in [2.75, 3.05) is 11.9 Å². The fourth-order valence-electron chi connectivity index (χ4n) is 2.53. The summed E-state index contributed by atoms with van der Waals surface area (Å²) in [7, 11) is 0. The molecule has 1 aromatic rings. The number of aromatic carboxylic acids is 1. The minimum absolute atomic E-state index is 0.276. The Morgan fingerprint density at radius 1 is 1.39 bits per heavy atom. The van der Waals surface area contributed by atoms with Crippen molar-refractivity contribution in [3.8, 4) is 0 Å². The predicted octanol–water partition coefficient (Wildman–Crippen LogP) is 3.08. The van der Waals surface area contributed by atoms with Crippen LogP contribution in [0.1, 0.15) is 48.2 Å². The SMILES string of the molecule is Cc1nc(NCC2CCCCC2)ccc1C(=O)O. The molecule has 98 valence electrons. The third-order valence-electron chi connectivity index (χ3n) is 3.61. The average Bonchev–Trinajstić information content (AvgIpc) is 2.37. The van der Waals surface area contributed by atoms with E-state index in [1.54, 1.807) is 19.1 Å². The lowest BCUT2D eigenvalue weighted by Crippen LogP contribution is -2.18. The smallest absolute Gasteiger partial charge is 0.337 e. The lowest BCUT2D eigenvalue weighted by Gasteiger charge is -2.22. The Balaban J connectivity index is 1.93. The molecule has 1 heterocycles. The van der Waals surface area contributed by atoms with Gasteiger partial charge in [0.05, 0.1) is 11.3 Å². The van der Waals surface area contributed by atoms with E-state index in [9.17, 15) is 4.79 Å². The van der Waals surface area contributed by atoms with Crippen LogP contribution in [0.4, 0.5) is 5.82 Å². The van der Waals surface area contributed by atoms with Gasteiger partial charge < -0.3 is 10.4 Å². The summed E-state index contributed by atoms with van der Waals surface area (Å²) in [5, 5.41) is 12.2. The summed E-state index contributed by atoms with van der Waals surface area (Å²) in [5.74, 6) is 0.599. The number of aromatic nitrogens is 1. The van der Waals surface area contributed by atoms with Gasteiger partial charge in [-0.2, -0.15) is 0 Å². The number of nitrogens with one attached hydrogen (secondary N) is 1. The van der Waals surface area contributed by atoms with Crippen molar-refractivity contribution in [3.63, 3.8) is 0 Å². The minimum atomic E-state index is -0.918. The van der Waals surface area contributed by atoms with E-state index in [1.807, 2.05) is 0 Å². The average molecular weight is 248 g/mol. The number of pyridine rings is 1. The number of carbonyl (C=O) groups is 1. The van der Waals surface area contributed by atoms with Gasteiger partial charge in [0.2, 0.25) is 0 Å². The highest BCUT2D eigenvalue weighted by atomic mass is 16.4. The number of rotatable bonds is 4. The van der Waals surface area contributed by atoms with Gasteiger partial charge in [-0.15, -0.1) is 0 Å². The molecule has 0 saturated heterocycles. The quantitative estimate of drug-likeness (QED) is 0.859. The summed E-state index contributed by atoms with van der Waals surface area (Å²) in [6.07, 6.45) is 6.60. The van der Waals surface area contributed by atoms with E-state index in [1.165, 1.54) is 32.1 Å². The van der Waals surface area contributed by atoms with Crippen LogP contribution in [0.3, 0.4) is 0 Å². The molecular formula is C14H20N2O2. The third-order valence-corrected chi connectivity index (χ3v) is 3.61. The van der Waals surface area contributed by atoms with Crippen LogP contribution < -0.4 is 5.32 Å². The molecule has 1 aromatic heterocycles. The van der Waals surface area contributed by atoms with Gasteiger partial charge in [0, 0.05) is 6.54 Å². The molecule has 1 aliphatic carbocycles. The van der Waals surface area contributed by atoms with Crippen molar-refractivity contribution < 1.29 is 9.90 Å². The number of carboxylic acid groups (broad SMARTS) is 1. The van der Waals surface area contributed by atoms with Crippen LogP contribution in [0.2, 0.25) is 0 Å². The van der Waals surface area contributed by atoms with Crippen molar-refractivity contribution >= 4 is 11.8 Å². The lowest BCUT2D eigenvalue weighted by atomic mass is 9.89. The Kier molecular flexibility index (Phi) is 4.18. The Morgan fingerprint density at radius 3 is 2.72 bits per heavy atom. The summed E-state index contributed by atoms with van der Waals surface area (Å²) in [6, 6.07) is 3.37. The zero-order chi connectivity index (χ0) is 13.0. The first kappa shape index (κ1) is 12.9. The van der Waals surface area contributed by atoms with Crippen LogP contribution in [0.5, 0.6) is 0 Å². The van der Waals surface area contributed by atoms with E-state index >= 15 is 0 Å². The molecule has 0 radical (unpaired) electrons. The fourth-order valence-corrected chi connectivity index (χ4v) is 2.53. The molecule has 0 aromatic carbocycles. The van der Waals surface area contributed by atoms with Gasteiger partial charge in [0.25, 0.3) is 0 Å². The number of hydrogen-bond acceptors (Lipinski definition) is 3. The molecule has 1 saturated carbocycles. The van der Waals surface area contributed by atoms with E-state index < -0.39 is 5.97 Å². The Labute approximate surface area is 107 Å². The molecule has 4 nitrogen and oxygen atoms in total. The third kappa shape index (κ3) is 3.22. The maximum Gasteiger partial charge on any atom is 0.337 e. The lowest BCUT2D eigenvalue weighted by molar-refractivity contribution is 0.0695. The van der Waals surface area contributed by atoms with Gasteiger partial charge in [-0.3, -0.25) is 0 Å². The molecule has 1 aliphatic rings.